The van der Waals surface area contributed by atoms with Gasteiger partial charge in [0.2, 0.25) is 0 Å². The molecule has 0 aromatic heterocycles. The number of nitrogens with two attached hydrogens (primary N) is 1. The van der Waals surface area contributed by atoms with Crippen LogP contribution < -0.4 is 5.73 Å². The van der Waals surface area contributed by atoms with Crippen LogP contribution in [-0.2, 0) is 0 Å². The second kappa shape index (κ2) is 4.75. The van der Waals surface area contributed by atoms with Gasteiger partial charge in [-0.15, -0.1) is 0 Å². The average molecular weight is 190 g/mol. The van der Waals surface area contributed by atoms with E-state index in [0.29, 0.717) is 11.3 Å². The number of benzene rings is 1. The summed E-state index contributed by atoms with van der Waals surface area (Å²) in [5.74, 6) is 4.76. The van der Waals surface area contributed by atoms with E-state index in [0.717, 1.165) is 0 Å². The average Bonchev–Trinajstić information content (AvgIpc) is 2.11. The van der Waals surface area contributed by atoms with Gasteiger partial charge in [-0.2, -0.15) is 0 Å². The molecule has 0 aliphatic heterocycles. The van der Waals surface area contributed by atoms with Crippen molar-refractivity contribution in [2.45, 2.75) is 0 Å². The van der Waals surface area contributed by atoms with E-state index < -0.39 is 5.82 Å². The summed E-state index contributed by atoms with van der Waals surface area (Å²) in [6.07, 6.45) is 0. The van der Waals surface area contributed by atoms with Gasteiger partial charge in [0.05, 0.1) is 6.54 Å². The zero-order valence-corrected chi connectivity index (χ0v) is 7.24. The number of halogens is 1. The van der Waals surface area contributed by atoms with E-state index in [1.807, 2.05) is 0 Å². The molecule has 1 aromatic carbocycles. The van der Waals surface area contributed by atoms with E-state index in [-0.39, 0.29) is 6.54 Å². The van der Waals surface area contributed by atoms with Crippen molar-refractivity contribution < 1.29 is 4.39 Å². The van der Waals surface area contributed by atoms with Crippen LogP contribution in [0.15, 0.2) is 23.3 Å². The number of hydrogen-bond donors (Lipinski definition) is 1. The molecule has 0 amide bonds. The first kappa shape index (κ1) is 9.90. The Kier molecular flexibility index (Phi) is 3.36. The van der Waals surface area contributed by atoms with Crippen LogP contribution in [0.4, 0.5) is 10.1 Å². The number of anilines is 1. The zero-order valence-electron chi connectivity index (χ0n) is 7.24. The van der Waals surface area contributed by atoms with Crippen molar-refractivity contribution in [3.63, 3.8) is 0 Å². The smallest absolute Gasteiger partial charge is 0.126 e. The molecule has 0 radical (unpaired) electrons. The van der Waals surface area contributed by atoms with Crippen molar-refractivity contribution in [1.82, 2.24) is 0 Å². The summed E-state index contributed by atoms with van der Waals surface area (Å²) in [5, 5.41) is 3.21. The van der Waals surface area contributed by atoms with Crippen LogP contribution in [0.3, 0.4) is 0 Å². The second-order valence-corrected chi connectivity index (χ2v) is 2.46. The van der Waals surface area contributed by atoms with Gasteiger partial charge in [0.25, 0.3) is 0 Å². The van der Waals surface area contributed by atoms with Crippen LogP contribution >= 0.6 is 0 Å². The number of rotatable bonds is 1. The lowest BCUT2D eigenvalue weighted by Crippen LogP contribution is -1.88. The van der Waals surface area contributed by atoms with Crippen molar-refractivity contribution in [2.24, 2.45) is 5.11 Å². The second-order valence-electron chi connectivity index (χ2n) is 2.46. The molecule has 1 rings (SSSR count). The fourth-order valence-corrected chi connectivity index (χ4v) is 0.893. The molecule has 0 aliphatic carbocycles. The molecule has 2 N–H and O–H groups in total. The lowest BCUT2D eigenvalue weighted by Gasteiger charge is -1.94. The monoisotopic (exact) mass is 190 g/mol. The van der Waals surface area contributed by atoms with Crippen molar-refractivity contribution in [2.75, 3.05) is 12.3 Å². The normalized spacial score (nSPS) is 8.36. The largest absolute Gasteiger partial charge is 0.399 e. The molecule has 4 nitrogen and oxygen atoms in total. The lowest BCUT2D eigenvalue weighted by atomic mass is 10.2. The first-order valence-corrected chi connectivity index (χ1v) is 3.78. The third kappa shape index (κ3) is 3.05. The van der Waals surface area contributed by atoms with Crippen LogP contribution in [0.1, 0.15) is 5.56 Å². The minimum Gasteiger partial charge on any atom is -0.399 e. The van der Waals surface area contributed by atoms with E-state index in [1.54, 1.807) is 6.07 Å². The zero-order chi connectivity index (χ0) is 10.4. The van der Waals surface area contributed by atoms with Crippen LogP contribution in [0, 0.1) is 17.7 Å². The highest BCUT2D eigenvalue weighted by atomic mass is 19.1. The number of hydrogen-bond acceptors (Lipinski definition) is 2. The van der Waals surface area contributed by atoms with Gasteiger partial charge in [-0.05, 0) is 23.7 Å². The van der Waals surface area contributed by atoms with Crippen LogP contribution in [0.25, 0.3) is 10.4 Å². The van der Waals surface area contributed by atoms with Gasteiger partial charge in [-0.3, -0.25) is 0 Å². The summed E-state index contributed by atoms with van der Waals surface area (Å²) >= 11 is 0. The third-order valence-corrected chi connectivity index (χ3v) is 1.37. The Hall–Kier alpha value is -2.18. The van der Waals surface area contributed by atoms with Gasteiger partial charge in [0, 0.05) is 16.2 Å². The number of nitrogen functional groups attached to an aromatic ring is 1. The van der Waals surface area contributed by atoms with Gasteiger partial charge in [-0.25, -0.2) is 4.39 Å². The van der Waals surface area contributed by atoms with E-state index in [2.05, 4.69) is 21.9 Å². The molecule has 0 heterocycles. The van der Waals surface area contributed by atoms with Crippen LogP contribution in [-0.4, -0.2) is 6.54 Å². The molecule has 5 heteroatoms. The van der Waals surface area contributed by atoms with E-state index in [1.165, 1.54) is 12.1 Å². The Morgan fingerprint density at radius 3 is 2.93 bits per heavy atom. The fourth-order valence-electron chi connectivity index (χ4n) is 0.893. The highest BCUT2D eigenvalue weighted by Crippen LogP contribution is 2.09. The van der Waals surface area contributed by atoms with Crippen molar-refractivity contribution in [3.8, 4) is 11.8 Å². The highest BCUT2D eigenvalue weighted by Gasteiger charge is 1.94. The molecule has 0 unspecified atom stereocenters. The third-order valence-electron chi connectivity index (χ3n) is 1.37. The van der Waals surface area contributed by atoms with Crippen molar-refractivity contribution in [1.29, 1.82) is 0 Å². The molecule has 0 atom stereocenters. The molecule has 14 heavy (non-hydrogen) atoms. The Morgan fingerprint density at radius 2 is 2.29 bits per heavy atom. The minimum atomic E-state index is -0.432. The maximum atomic E-state index is 12.8. The number of azide groups is 1. The molecule has 1 aromatic rings. The predicted octanol–water partition coefficient (Wildman–Crippen LogP) is 2.07. The lowest BCUT2D eigenvalue weighted by molar-refractivity contribution is 0.628. The molecule has 70 valence electrons. The minimum absolute atomic E-state index is 0.0624. The molecule has 0 saturated carbocycles. The quantitative estimate of drug-likeness (QED) is 0.238. The van der Waals surface area contributed by atoms with Crippen LogP contribution in [0.5, 0.6) is 0 Å². The van der Waals surface area contributed by atoms with E-state index in [4.69, 9.17) is 11.3 Å². The molecule has 0 bridgehead atoms. The highest BCUT2D eigenvalue weighted by molar-refractivity contribution is 5.47. The Morgan fingerprint density at radius 1 is 1.50 bits per heavy atom. The molecular formula is C9H7FN4. The molecule has 0 fully saturated rings. The Labute approximate surface area is 80.2 Å². The summed E-state index contributed by atoms with van der Waals surface area (Å²) in [6.45, 7) is 0.0624. The van der Waals surface area contributed by atoms with Gasteiger partial charge in [0.1, 0.15) is 5.82 Å². The first-order chi connectivity index (χ1) is 6.72. The van der Waals surface area contributed by atoms with E-state index >= 15 is 0 Å². The number of nitrogens with zero attached hydrogens (tertiary/aromatic N) is 3. The van der Waals surface area contributed by atoms with E-state index in [9.17, 15) is 4.39 Å². The molecular weight excluding hydrogens is 183 g/mol. The van der Waals surface area contributed by atoms with Gasteiger partial charge >= 0.3 is 0 Å². The topological polar surface area (TPSA) is 74.8 Å². The maximum absolute atomic E-state index is 12.8. The summed E-state index contributed by atoms with van der Waals surface area (Å²) in [4.78, 5) is 2.53. The Bertz CT molecular complexity index is 418. The molecule has 0 spiro atoms. The SMILES string of the molecule is [N-]=[N+]=NCC#Cc1cc(N)cc(F)c1. The first-order valence-electron chi connectivity index (χ1n) is 3.78. The summed E-state index contributed by atoms with van der Waals surface area (Å²) in [6, 6.07) is 4.02. The fraction of sp³-hybridized carbons (Fsp3) is 0.111. The van der Waals surface area contributed by atoms with Crippen LogP contribution in [0.2, 0.25) is 0 Å². The van der Waals surface area contributed by atoms with Crippen molar-refractivity contribution in [3.05, 3.63) is 40.0 Å². The summed E-state index contributed by atoms with van der Waals surface area (Å²) in [5.41, 5.74) is 14.1. The summed E-state index contributed by atoms with van der Waals surface area (Å²) in [7, 11) is 0. The maximum Gasteiger partial charge on any atom is 0.126 e. The van der Waals surface area contributed by atoms with Gasteiger partial charge in [0.15, 0.2) is 0 Å². The summed E-state index contributed by atoms with van der Waals surface area (Å²) < 4.78 is 12.8. The Balaban J connectivity index is 2.84. The standard InChI is InChI=1S/C9H7FN4/c10-8-4-7(5-9(11)6-8)2-1-3-13-14-12/h4-6H,3,11H2. The van der Waals surface area contributed by atoms with Gasteiger partial charge in [-0.1, -0.05) is 17.0 Å². The predicted molar refractivity (Wildman–Crippen MR) is 51.7 cm³/mol. The molecule has 0 aliphatic rings. The van der Waals surface area contributed by atoms with Crippen molar-refractivity contribution >= 4 is 5.69 Å². The molecule has 0 saturated heterocycles. The van der Waals surface area contributed by atoms with Gasteiger partial charge < -0.3 is 5.73 Å².